The maximum atomic E-state index is 11.3. The SMILES string of the molecule is O=C(O)CCC(=O)Nc1ccc(NS(=O)O)cc1. The van der Waals surface area contributed by atoms with Gasteiger partial charge >= 0.3 is 5.97 Å². The molecule has 1 amide bonds. The molecule has 1 aromatic carbocycles. The van der Waals surface area contributed by atoms with Crippen molar-refractivity contribution in [1.82, 2.24) is 0 Å². The van der Waals surface area contributed by atoms with Crippen molar-refractivity contribution in [2.45, 2.75) is 12.8 Å². The second kappa shape index (κ2) is 6.72. The fourth-order valence-electron chi connectivity index (χ4n) is 1.17. The fraction of sp³-hybridized carbons (Fsp3) is 0.200. The second-order valence-electron chi connectivity index (χ2n) is 3.37. The summed E-state index contributed by atoms with van der Waals surface area (Å²) in [6, 6.07) is 6.10. The van der Waals surface area contributed by atoms with Gasteiger partial charge < -0.3 is 10.4 Å². The maximum absolute atomic E-state index is 11.3. The smallest absolute Gasteiger partial charge is 0.303 e. The van der Waals surface area contributed by atoms with Crippen molar-refractivity contribution >= 4 is 34.5 Å². The Morgan fingerprint density at radius 2 is 1.67 bits per heavy atom. The van der Waals surface area contributed by atoms with Crippen molar-refractivity contribution in [3.63, 3.8) is 0 Å². The first-order valence-corrected chi connectivity index (χ1v) is 6.07. The van der Waals surface area contributed by atoms with E-state index >= 15 is 0 Å². The molecule has 0 bridgehead atoms. The minimum Gasteiger partial charge on any atom is -0.481 e. The summed E-state index contributed by atoms with van der Waals surface area (Å²) in [5, 5.41) is 10.9. The van der Waals surface area contributed by atoms with Crippen LogP contribution in [0.4, 0.5) is 11.4 Å². The predicted octanol–water partition coefficient (Wildman–Crippen LogP) is 1.04. The van der Waals surface area contributed by atoms with Gasteiger partial charge in [0.05, 0.1) is 6.42 Å². The number of hydrogen-bond acceptors (Lipinski definition) is 3. The summed E-state index contributed by atoms with van der Waals surface area (Å²) in [5.41, 5.74) is 0.916. The summed E-state index contributed by atoms with van der Waals surface area (Å²) >= 11 is -2.14. The zero-order valence-corrected chi connectivity index (χ0v) is 10.1. The Morgan fingerprint density at radius 3 is 2.17 bits per heavy atom. The monoisotopic (exact) mass is 272 g/mol. The molecule has 1 atom stereocenters. The first-order chi connectivity index (χ1) is 8.47. The summed E-state index contributed by atoms with van der Waals surface area (Å²) in [6.45, 7) is 0. The first-order valence-electron chi connectivity index (χ1n) is 4.96. The Balaban J connectivity index is 2.50. The van der Waals surface area contributed by atoms with Crippen molar-refractivity contribution in [1.29, 1.82) is 0 Å². The molecular formula is C10H12N2O5S. The molecule has 18 heavy (non-hydrogen) atoms. The van der Waals surface area contributed by atoms with Crippen molar-refractivity contribution in [2.75, 3.05) is 10.0 Å². The summed E-state index contributed by atoms with van der Waals surface area (Å²) < 4.78 is 21.3. The topological polar surface area (TPSA) is 116 Å². The van der Waals surface area contributed by atoms with E-state index in [-0.39, 0.29) is 12.8 Å². The van der Waals surface area contributed by atoms with Gasteiger partial charge in [-0.25, -0.2) is 4.21 Å². The number of aliphatic carboxylic acids is 1. The van der Waals surface area contributed by atoms with Crippen LogP contribution < -0.4 is 10.0 Å². The molecule has 0 aliphatic carbocycles. The van der Waals surface area contributed by atoms with Gasteiger partial charge in [0.25, 0.3) is 11.3 Å². The molecule has 0 radical (unpaired) electrons. The predicted molar refractivity (Wildman–Crippen MR) is 66.3 cm³/mol. The van der Waals surface area contributed by atoms with Gasteiger partial charge in [-0.1, -0.05) is 0 Å². The molecule has 4 N–H and O–H groups in total. The Bertz CT molecular complexity index is 460. The Labute approximate surface area is 106 Å². The van der Waals surface area contributed by atoms with E-state index in [1.165, 1.54) is 24.3 Å². The molecule has 0 heterocycles. The van der Waals surface area contributed by atoms with E-state index in [0.29, 0.717) is 11.4 Å². The molecule has 0 spiro atoms. The Kier molecular flexibility index (Phi) is 5.28. The lowest BCUT2D eigenvalue weighted by Gasteiger charge is -2.05. The van der Waals surface area contributed by atoms with Crippen LogP contribution in [-0.4, -0.2) is 25.7 Å². The van der Waals surface area contributed by atoms with Crippen LogP contribution in [0.15, 0.2) is 24.3 Å². The molecule has 0 saturated carbocycles. The number of carboxylic acids is 1. The highest BCUT2D eigenvalue weighted by Crippen LogP contribution is 2.14. The second-order valence-corrected chi connectivity index (χ2v) is 4.07. The van der Waals surface area contributed by atoms with Crippen LogP contribution in [0, 0.1) is 0 Å². The number of rotatable bonds is 6. The maximum Gasteiger partial charge on any atom is 0.303 e. The zero-order valence-electron chi connectivity index (χ0n) is 9.25. The lowest BCUT2D eigenvalue weighted by molar-refractivity contribution is -0.138. The number of nitrogens with one attached hydrogen (secondary N) is 2. The number of amides is 1. The standard InChI is InChI=1S/C10H12N2O5S/c13-9(5-6-10(14)15)11-7-1-3-8(4-2-7)12-18(16)17/h1-4,12H,5-6H2,(H,11,13)(H,14,15)(H,16,17). The average molecular weight is 272 g/mol. The molecule has 0 aromatic heterocycles. The molecular weight excluding hydrogens is 260 g/mol. The molecule has 1 aromatic rings. The van der Waals surface area contributed by atoms with Gasteiger partial charge in [0, 0.05) is 17.8 Å². The molecule has 0 fully saturated rings. The number of anilines is 2. The number of benzene rings is 1. The fourth-order valence-corrected chi connectivity index (χ4v) is 1.50. The highest BCUT2D eigenvalue weighted by atomic mass is 32.2. The van der Waals surface area contributed by atoms with Crippen LogP contribution in [-0.2, 0) is 20.9 Å². The summed E-state index contributed by atoms with van der Waals surface area (Å²) in [5.74, 6) is -1.43. The number of carboxylic acid groups (broad SMARTS) is 1. The van der Waals surface area contributed by atoms with Gasteiger partial charge in [0.2, 0.25) is 5.91 Å². The Morgan fingerprint density at radius 1 is 1.11 bits per heavy atom. The molecule has 7 nitrogen and oxygen atoms in total. The van der Waals surface area contributed by atoms with E-state index in [1.807, 2.05) is 0 Å². The quantitative estimate of drug-likeness (QED) is 0.577. The van der Waals surface area contributed by atoms with Gasteiger partial charge in [-0.15, -0.1) is 0 Å². The normalized spacial score (nSPS) is 11.6. The van der Waals surface area contributed by atoms with E-state index in [9.17, 15) is 13.8 Å². The highest BCUT2D eigenvalue weighted by molar-refractivity contribution is 7.80. The van der Waals surface area contributed by atoms with E-state index in [2.05, 4.69) is 10.0 Å². The van der Waals surface area contributed by atoms with Crippen LogP contribution in [0.25, 0.3) is 0 Å². The summed E-state index contributed by atoms with van der Waals surface area (Å²) in [7, 11) is 0. The lowest BCUT2D eigenvalue weighted by atomic mass is 10.2. The summed E-state index contributed by atoms with van der Waals surface area (Å²) in [6.07, 6.45) is -0.328. The molecule has 1 unspecified atom stereocenters. The van der Waals surface area contributed by atoms with Crippen LogP contribution in [0.3, 0.4) is 0 Å². The van der Waals surface area contributed by atoms with Gasteiger partial charge in [0.1, 0.15) is 0 Å². The van der Waals surface area contributed by atoms with Crippen molar-refractivity contribution < 1.29 is 23.5 Å². The average Bonchev–Trinajstić information content (AvgIpc) is 2.28. The molecule has 0 aliphatic rings. The number of carbonyl (C=O) groups is 2. The molecule has 0 aliphatic heterocycles. The van der Waals surface area contributed by atoms with E-state index < -0.39 is 23.1 Å². The third kappa shape index (κ3) is 5.41. The number of carbonyl (C=O) groups excluding carboxylic acids is 1. The third-order valence-corrected chi connectivity index (χ3v) is 2.35. The molecule has 1 rings (SSSR count). The molecule has 98 valence electrons. The van der Waals surface area contributed by atoms with Crippen LogP contribution >= 0.6 is 0 Å². The minimum atomic E-state index is -2.14. The lowest BCUT2D eigenvalue weighted by Crippen LogP contribution is -2.13. The largest absolute Gasteiger partial charge is 0.481 e. The Hall–Kier alpha value is -1.93. The molecule has 8 heteroatoms. The highest BCUT2D eigenvalue weighted by Gasteiger charge is 2.05. The third-order valence-electron chi connectivity index (χ3n) is 1.94. The van der Waals surface area contributed by atoms with Gasteiger partial charge in [0.15, 0.2) is 0 Å². The number of hydrogen-bond donors (Lipinski definition) is 4. The van der Waals surface area contributed by atoms with Crippen molar-refractivity contribution in [3.8, 4) is 0 Å². The van der Waals surface area contributed by atoms with Crippen molar-refractivity contribution in [3.05, 3.63) is 24.3 Å². The van der Waals surface area contributed by atoms with Crippen LogP contribution in [0.1, 0.15) is 12.8 Å². The van der Waals surface area contributed by atoms with Gasteiger partial charge in [-0.2, -0.15) is 0 Å². The minimum absolute atomic E-state index is 0.101. The van der Waals surface area contributed by atoms with Crippen LogP contribution in [0.5, 0.6) is 0 Å². The molecule has 0 saturated heterocycles. The van der Waals surface area contributed by atoms with Crippen molar-refractivity contribution in [2.24, 2.45) is 0 Å². The van der Waals surface area contributed by atoms with E-state index in [0.717, 1.165) is 0 Å². The first kappa shape index (κ1) is 14.1. The van der Waals surface area contributed by atoms with Crippen LogP contribution in [0.2, 0.25) is 0 Å². The van der Waals surface area contributed by atoms with Gasteiger partial charge in [-0.05, 0) is 24.3 Å². The zero-order chi connectivity index (χ0) is 13.5. The van der Waals surface area contributed by atoms with Gasteiger partial charge in [-0.3, -0.25) is 18.9 Å². The van der Waals surface area contributed by atoms with E-state index in [4.69, 9.17) is 9.66 Å². The van der Waals surface area contributed by atoms with E-state index in [1.54, 1.807) is 0 Å². The summed E-state index contributed by atoms with van der Waals surface area (Å²) in [4.78, 5) is 21.6.